The second-order valence-electron chi connectivity index (χ2n) is 6.96. The van der Waals surface area contributed by atoms with Crippen molar-refractivity contribution in [1.29, 1.82) is 0 Å². The Balaban J connectivity index is 0.00000338. The summed E-state index contributed by atoms with van der Waals surface area (Å²) in [4.78, 5) is 8.54. The monoisotopic (exact) mass is 472 g/mol. The molecule has 0 aliphatic carbocycles. The van der Waals surface area contributed by atoms with Crippen molar-refractivity contribution in [3.05, 3.63) is 47.2 Å². The molecule has 0 aliphatic heterocycles. The second-order valence-corrected chi connectivity index (χ2v) is 6.96. The minimum absolute atomic E-state index is 0. The van der Waals surface area contributed by atoms with Crippen LogP contribution < -0.4 is 15.4 Å². The van der Waals surface area contributed by atoms with Crippen LogP contribution in [0.2, 0.25) is 0 Å². The molecule has 2 aromatic rings. The Hall–Kier alpha value is -1.77. The average Bonchev–Trinajstić information content (AvgIpc) is 3.05. The highest BCUT2D eigenvalue weighted by molar-refractivity contribution is 14.0. The Bertz CT molecular complexity index is 735. The third-order valence-electron chi connectivity index (χ3n) is 3.81. The molecule has 0 saturated carbocycles. The van der Waals surface area contributed by atoms with Gasteiger partial charge in [0.15, 0.2) is 5.96 Å². The van der Waals surface area contributed by atoms with Crippen LogP contribution in [0.25, 0.3) is 0 Å². The molecule has 2 N–H and O–H groups in total. The molecular formula is C19H29IN4O2. The fourth-order valence-corrected chi connectivity index (χ4v) is 2.30. The van der Waals surface area contributed by atoms with Crippen LogP contribution in [0.3, 0.4) is 0 Å². The van der Waals surface area contributed by atoms with Crippen molar-refractivity contribution in [3.63, 3.8) is 0 Å². The third kappa shape index (κ3) is 6.19. The molecule has 0 amide bonds. The van der Waals surface area contributed by atoms with Gasteiger partial charge in [0.05, 0.1) is 19.9 Å². The number of aliphatic imine (C=N–C) groups is 1. The SMILES string of the molecule is CN=C(NCc1ncc(C(C)(C)C)o1)NCc1ccc(C)cc1OC.I. The largest absolute Gasteiger partial charge is 0.496 e. The van der Waals surface area contributed by atoms with Crippen LogP contribution in [0.4, 0.5) is 0 Å². The number of halogens is 1. The van der Waals surface area contributed by atoms with E-state index in [1.165, 1.54) is 5.56 Å². The first-order valence-electron chi connectivity index (χ1n) is 8.36. The number of guanidine groups is 1. The molecule has 1 heterocycles. The molecular weight excluding hydrogens is 443 g/mol. The van der Waals surface area contributed by atoms with Gasteiger partial charge in [0, 0.05) is 24.6 Å². The Morgan fingerprint density at radius 1 is 1.23 bits per heavy atom. The summed E-state index contributed by atoms with van der Waals surface area (Å²) in [5.74, 6) is 3.06. The number of methoxy groups -OCH3 is 1. The number of benzene rings is 1. The first-order valence-corrected chi connectivity index (χ1v) is 8.36. The highest BCUT2D eigenvalue weighted by Crippen LogP contribution is 2.22. The highest BCUT2D eigenvalue weighted by atomic mass is 127. The molecule has 6 nitrogen and oxygen atoms in total. The number of ether oxygens (including phenoxy) is 1. The van der Waals surface area contributed by atoms with Crippen LogP contribution in [-0.2, 0) is 18.5 Å². The minimum Gasteiger partial charge on any atom is -0.496 e. The summed E-state index contributed by atoms with van der Waals surface area (Å²) in [6.45, 7) is 9.42. The van der Waals surface area contributed by atoms with Gasteiger partial charge in [-0.1, -0.05) is 32.9 Å². The van der Waals surface area contributed by atoms with Crippen molar-refractivity contribution < 1.29 is 9.15 Å². The van der Waals surface area contributed by atoms with E-state index in [2.05, 4.69) is 53.5 Å². The van der Waals surface area contributed by atoms with Gasteiger partial charge in [0.25, 0.3) is 0 Å². The molecule has 7 heteroatoms. The van der Waals surface area contributed by atoms with E-state index < -0.39 is 0 Å². The normalized spacial score (nSPS) is 11.7. The smallest absolute Gasteiger partial charge is 0.213 e. The summed E-state index contributed by atoms with van der Waals surface area (Å²) in [6.07, 6.45) is 1.78. The lowest BCUT2D eigenvalue weighted by Gasteiger charge is -2.14. The van der Waals surface area contributed by atoms with Gasteiger partial charge in [-0.05, 0) is 18.6 Å². The summed E-state index contributed by atoms with van der Waals surface area (Å²) in [6, 6.07) is 6.14. The predicted molar refractivity (Wildman–Crippen MR) is 115 cm³/mol. The Morgan fingerprint density at radius 3 is 2.50 bits per heavy atom. The van der Waals surface area contributed by atoms with Crippen LogP contribution in [0.5, 0.6) is 5.75 Å². The van der Waals surface area contributed by atoms with Crippen molar-refractivity contribution in [2.45, 2.75) is 46.2 Å². The molecule has 0 fully saturated rings. The van der Waals surface area contributed by atoms with E-state index in [0.717, 1.165) is 17.1 Å². The maximum atomic E-state index is 5.78. The number of hydrogen-bond donors (Lipinski definition) is 2. The summed E-state index contributed by atoms with van der Waals surface area (Å²) >= 11 is 0. The summed E-state index contributed by atoms with van der Waals surface area (Å²) in [5, 5.41) is 6.49. The van der Waals surface area contributed by atoms with Crippen LogP contribution >= 0.6 is 24.0 Å². The van der Waals surface area contributed by atoms with Gasteiger partial charge in [-0.2, -0.15) is 0 Å². The van der Waals surface area contributed by atoms with Crippen molar-refractivity contribution in [2.75, 3.05) is 14.2 Å². The lowest BCUT2D eigenvalue weighted by atomic mass is 9.94. The number of nitrogens with one attached hydrogen (secondary N) is 2. The fourth-order valence-electron chi connectivity index (χ4n) is 2.30. The number of nitrogens with zero attached hydrogens (tertiary/aromatic N) is 2. The van der Waals surface area contributed by atoms with E-state index in [9.17, 15) is 0 Å². The molecule has 26 heavy (non-hydrogen) atoms. The van der Waals surface area contributed by atoms with Gasteiger partial charge in [-0.25, -0.2) is 4.98 Å². The Morgan fingerprint density at radius 2 is 1.92 bits per heavy atom. The lowest BCUT2D eigenvalue weighted by Crippen LogP contribution is -2.36. The van der Waals surface area contributed by atoms with Crippen LogP contribution in [-0.4, -0.2) is 25.1 Å². The van der Waals surface area contributed by atoms with E-state index in [1.54, 1.807) is 20.4 Å². The van der Waals surface area contributed by atoms with Crippen LogP contribution in [0, 0.1) is 6.92 Å². The van der Waals surface area contributed by atoms with Gasteiger partial charge >= 0.3 is 0 Å². The molecule has 1 aromatic carbocycles. The number of oxazole rings is 1. The second kappa shape index (κ2) is 9.80. The summed E-state index contributed by atoms with van der Waals surface area (Å²) in [7, 11) is 3.42. The van der Waals surface area contributed by atoms with E-state index in [-0.39, 0.29) is 29.4 Å². The van der Waals surface area contributed by atoms with E-state index in [4.69, 9.17) is 9.15 Å². The van der Waals surface area contributed by atoms with E-state index in [0.29, 0.717) is 24.9 Å². The Labute approximate surface area is 172 Å². The molecule has 1 aromatic heterocycles. The topological polar surface area (TPSA) is 71.7 Å². The molecule has 0 spiro atoms. The zero-order chi connectivity index (χ0) is 18.4. The molecule has 0 atom stereocenters. The van der Waals surface area contributed by atoms with Crippen molar-refractivity contribution in [2.24, 2.45) is 4.99 Å². The maximum Gasteiger partial charge on any atom is 0.213 e. The first kappa shape index (κ1) is 22.3. The van der Waals surface area contributed by atoms with E-state index in [1.807, 2.05) is 13.0 Å². The molecule has 0 bridgehead atoms. The quantitative estimate of drug-likeness (QED) is 0.394. The zero-order valence-corrected chi connectivity index (χ0v) is 18.7. The van der Waals surface area contributed by atoms with Crippen LogP contribution in [0.15, 0.2) is 33.8 Å². The number of aromatic nitrogens is 1. The highest BCUT2D eigenvalue weighted by Gasteiger charge is 2.19. The molecule has 0 unspecified atom stereocenters. The van der Waals surface area contributed by atoms with Gasteiger partial charge in [0.2, 0.25) is 5.89 Å². The number of rotatable bonds is 5. The average molecular weight is 472 g/mol. The van der Waals surface area contributed by atoms with Crippen molar-refractivity contribution >= 4 is 29.9 Å². The maximum absolute atomic E-state index is 5.78. The van der Waals surface area contributed by atoms with Gasteiger partial charge in [-0.15, -0.1) is 24.0 Å². The van der Waals surface area contributed by atoms with Gasteiger partial charge in [-0.3, -0.25) is 4.99 Å². The molecule has 0 aliphatic rings. The minimum atomic E-state index is -0.0484. The molecule has 0 radical (unpaired) electrons. The fraction of sp³-hybridized carbons (Fsp3) is 0.474. The standard InChI is InChI=1S/C19H28N4O2.HI/c1-13-7-8-14(15(9-13)24-6)10-22-18(20-5)23-12-17-21-11-16(25-17)19(2,3)4;/h7-9,11H,10,12H2,1-6H3,(H2,20,22,23);1H. The zero-order valence-electron chi connectivity index (χ0n) is 16.3. The summed E-state index contributed by atoms with van der Waals surface area (Å²) in [5.41, 5.74) is 2.19. The number of aryl methyl sites for hydroxylation is 1. The summed E-state index contributed by atoms with van der Waals surface area (Å²) < 4.78 is 11.2. The number of hydrogen-bond acceptors (Lipinski definition) is 4. The van der Waals surface area contributed by atoms with Crippen LogP contribution in [0.1, 0.15) is 43.5 Å². The van der Waals surface area contributed by atoms with E-state index >= 15 is 0 Å². The molecule has 0 saturated heterocycles. The van der Waals surface area contributed by atoms with Gasteiger partial charge in [0.1, 0.15) is 11.5 Å². The third-order valence-corrected chi connectivity index (χ3v) is 3.81. The molecule has 144 valence electrons. The van der Waals surface area contributed by atoms with Crippen molar-refractivity contribution in [1.82, 2.24) is 15.6 Å². The van der Waals surface area contributed by atoms with Crippen molar-refractivity contribution in [3.8, 4) is 5.75 Å². The Kier molecular flexibility index (Phi) is 8.39. The predicted octanol–water partition coefficient (Wildman–Crippen LogP) is 3.77. The van der Waals surface area contributed by atoms with Gasteiger partial charge < -0.3 is 19.8 Å². The lowest BCUT2D eigenvalue weighted by molar-refractivity contribution is 0.379. The molecule has 2 rings (SSSR count). The first-order chi connectivity index (χ1) is 11.8.